The lowest BCUT2D eigenvalue weighted by atomic mass is 10.1. The Balaban J connectivity index is 2.06. The topological polar surface area (TPSA) is 41.8 Å². The summed E-state index contributed by atoms with van der Waals surface area (Å²) in [5, 5.41) is 11.9. The van der Waals surface area contributed by atoms with Crippen molar-refractivity contribution < 1.29 is 9.94 Å². The molecular weight excluding hydrogens is 226 g/mol. The Bertz CT molecular complexity index is 535. The number of oxime groups is 1. The summed E-state index contributed by atoms with van der Waals surface area (Å²) in [5.41, 5.74) is 2.54. The minimum absolute atomic E-state index is 0.527. The molecular formula is C15H15NO2. The Kier molecular flexibility index (Phi) is 3.97. The third kappa shape index (κ3) is 3.10. The van der Waals surface area contributed by atoms with E-state index in [9.17, 15) is 0 Å². The van der Waals surface area contributed by atoms with Gasteiger partial charge in [-0.25, -0.2) is 0 Å². The van der Waals surface area contributed by atoms with E-state index >= 15 is 0 Å². The van der Waals surface area contributed by atoms with Gasteiger partial charge in [-0.3, -0.25) is 0 Å². The van der Waals surface area contributed by atoms with Crippen molar-refractivity contribution in [3.63, 3.8) is 0 Å². The van der Waals surface area contributed by atoms with Gasteiger partial charge in [0.2, 0.25) is 0 Å². The molecule has 3 heteroatoms. The van der Waals surface area contributed by atoms with Crippen molar-refractivity contribution in [2.75, 3.05) is 0 Å². The molecule has 0 radical (unpaired) electrons. The van der Waals surface area contributed by atoms with Gasteiger partial charge < -0.3 is 9.94 Å². The first-order valence-electron chi connectivity index (χ1n) is 5.75. The molecule has 0 spiro atoms. The van der Waals surface area contributed by atoms with Crippen LogP contribution < -0.4 is 4.74 Å². The predicted molar refractivity (Wildman–Crippen MR) is 71.2 cm³/mol. The standard InChI is InChI=1S/C15H15NO2/c1-12(16-17)14-8-5-9-15(10-14)18-11-13-6-3-2-4-7-13/h2-10,17H,11H2,1H3/b16-12+. The van der Waals surface area contributed by atoms with Crippen molar-refractivity contribution in [3.05, 3.63) is 65.7 Å². The highest BCUT2D eigenvalue weighted by molar-refractivity contribution is 5.98. The van der Waals surface area contributed by atoms with Gasteiger partial charge in [0.15, 0.2) is 0 Å². The van der Waals surface area contributed by atoms with Crippen LogP contribution in [0.25, 0.3) is 0 Å². The first kappa shape index (κ1) is 12.2. The molecule has 1 N–H and O–H groups in total. The van der Waals surface area contributed by atoms with Crippen LogP contribution in [0.2, 0.25) is 0 Å². The summed E-state index contributed by atoms with van der Waals surface area (Å²) in [6.07, 6.45) is 0. The Labute approximate surface area is 106 Å². The zero-order valence-corrected chi connectivity index (χ0v) is 10.2. The van der Waals surface area contributed by atoms with Crippen LogP contribution in [-0.2, 0) is 6.61 Å². The van der Waals surface area contributed by atoms with Crippen LogP contribution in [0, 0.1) is 0 Å². The molecule has 2 aromatic carbocycles. The fraction of sp³-hybridized carbons (Fsp3) is 0.133. The summed E-state index contributed by atoms with van der Waals surface area (Å²) in [6.45, 7) is 2.27. The van der Waals surface area contributed by atoms with Gasteiger partial charge in [0.25, 0.3) is 0 Å². The monoisotopic (exact) mass is 241 g/mol. The van der Waals surface area contributed by atoms with Gasteiger partial charge in [0.05, 0.1) is 5.71 Å². The highest BCUT2D eigenvalue weighted by Crippen LogP contribution is 2.15. The Morgan fingerprint density at radius 1 is 1.11 bits per heavy atom. The number of hydrogen-bond acceptors (Lipinski definition) is 3. The molecule has 2 rings (SSSR count). The number of benzene rings is 2. The average molecular weight is 241 g/mol. The molecule has 0 saturated carbocycles. The smallest absolute Gasteiger partial charge is 0.120 e. The Morgan fingerprint density at radius 3 is 2.61 bits per heavy atom. The quantitative estimate of drug-likeness (QED) is 0.506. The molecule has 3 nitrogen and oxygen atoms in total. The Morgan fingerprint density at radius 2 is 1.89 bits per heavy atom. The van der Waals surface area contributed by atoms with Crippen LogP contribution in [0.15, 0.2) is 59.8 Å². The van der Waals surface area contributed by atoms with Crippen LogP contribution in [-0.4, -0.2) is 10.9 Å². The van der Waals surface area contributed by atoms with E-state index in [0.717, 1.165) is 16.9 Å². The molecule has 0 aromatic heterocycles. The molecule has 0 aliphatic rings. The number of hydrogen-bond donors (Lipinski definition) is 1. The van der Waals surface area contributed by atoms with Gasteiger partial charge >= 0.3 is 0 Å². The molecule has 0 aliphatic heterocycles. The molecule has 0 aliphatic carbocycles. The summed E-state index contributed by atoms with van der Waals surface area (Å²) >= 11 is 0. The summed E-state index contributed by atoms with van der Waals surface area (Å²) < 4.78 is 5.69. The lowest BCUT2D eigenvalue weighted by Gasteiger charge is -2.07. The van der Waals surface area contributed by atoms with E-state index in [4.69, 9.17) is 9.94 Å². The number of nitrogens with zero attached hydrogens (tertiary/aromatic N) is 1. The summed E-state index contributed by atoms with van der Waals surface area (Å²) in [5.74, 6) is 0.763. The van der Waals surface area contributed by atoms with E-state index in [0.29, 0.717) is 12.3 Å². The third-order valence-corrected chi connectivity index (χ3v) is 2.65. The minimum atomic E-state index is 0.527. The maximum Gasteiger partial charge on any atom is 0.120 e. The largest absolute Gasteiger partial charge is 0.489 e. The Hall–Kier alpha value is -2.29. The van der Waals surface area contributed by atoms with Crippen molar-refractivity contribution in [1.82, 2.24) is 0 Å². The lowest BCUT2D eigenvalue weighted by molar-refractivity contribution is 0.306. The summed E-state index contributed by atoms with van der Waals surface area (Å²) in [7, 11) is 0. The maximum atomic E-state index is 8.73. The van der Waals surface area contributed by atoms with Gasteiger partial charge in [-0.15, -0.1) is 0 Å². The number of ether oxygens (including phenoxy) is 1. The van der Waals surface area contributed by atoms with Crippen molar-refractivity contribution >= 4 is 5.71 Å². The van der Waals surface area contributed by atoms with Crippen LogP contribution in [0.3, 0.4) is 0 Å². The first-order valence-corrected chi connectivity index (χ1v) is 5.75. The van der Waals surface area contributed by atoms with Crippen LogP contribution in [0.4, 0.5) is 0 Å². The normalized spacial score (nSPS) is 11.3. The fourth-order valence-corrected chi connectivity index (χ4v) is 1.61. The van der Waals surface area contributed by atoms with E-state index in [1.165, 1.54) is 0 Å². The molecule has 2 aromatic rings. The van der Waals surface area contributed by atoms with Crippen molar-refractivity contribution in [2.24, 2.45) is 5.16 Å². The average Bonchev–Trinajstić information content (AvgIpc) is 2.45. The molecule has 0 heterocycles. The highest BCUT2D eigenvalue weighted by Gasteiger charge is 2.00. The molecule has 0 saturated heterocycles. The van der Waals surface area contributed by atoms with Gasteiger partial charge in [-0.2, -0.15) is 0 Å². The van der Waals surface area contributed by atoms with E-state index in [-0.39, 0.29) is 0 Å². The van der Waals surface area contributed by atoms with Crippen molar-refractivity contribution in [3.8, 4) is 5.75 Å². The van der Waals surface area contributed by atoms with Gasteiger partial charge in [-0.05, 0) is 24.6 Å². The summed E-state index contributed by atoms with van der Waals surface area (Å²) in [6, 6.07) is 17.5. The number of rotatable bonds is 4. The SMILES string of the molecule is C/C(=N\O)c1cccc(OCc2ccccc2)c1. The fourth-order valence-electron chi connectivity index (χ4n) is 1.61. The molecule has 0 unspecified atom stereocenters. The molecule has 92 valence electrons. The molecule has 18 heavy (non-hydrogen) atoms. The van der Waals surface area contributed by atoms with Gasteiger partial charge in [-0.1, -0.05) is 47.6 Å². The molecule has 0 amide bonds. The second-order valence-electron chi connectivity index (χ2n) is 3.99. The van der Waals surface area contributed by atoms with Crippen LogP contribution in [0.1, 0.15) is 18.1 Å². The minimum Gasteiger partial charge on any atom is -0.489 e. The first-order chi connectivity index (χ1) is 8.79. The summed E-state index contributed by atoms with van der Waals surface area (Å²) in [4.78, 5) is 0. The van der Waals surface area contributed by atoms with E-state index in [1.54, 1.807) is 6.92 Å². The predicted octanol–water partition coefficient (Wildman–Crippen LogP) is 3.46. The highest BCUT2D eigenvalue weighted by atomic mass is 16.5. The molecule has 0 atom stereocenters. The lowest BCUT2D eigenvalue weighted by Crippen LogP contribution is -1.98. The van der Waals surface area contributed by atoms with Gasteiger partial charge in [0, 0.05) is 5.56 Å². The van der Waals surface area contributed by atoms with E-state index in [2.05, 4.69) is 5.16 Å². The maximum absolute atomic E-state index is 8.73. The van der Waals surface area contributed by atoms with Crippen LogP contribution in [0.5, 0.6) is 5.75 Å². The molecule has 0 fully saturated rings. The van der Waals surface area contributed by atoms with Crippen LogP contribution >= 0.6 is 0 Å². The van der Waals surface area contributed by atoms with Crippen molar-refractivity contribution in [2.45, 2.75) is 13.5 Å². The second kappa shape index (κ2) is 5.87. The van der Waals surface area contributed by atoms with Crippen molar-refractivity contribution in [1.29, 1.82) is 0 Å². The van der Waals surface area contributed by atoms with E-state index in [1.807, 2.05) is 54.6 Å². The zero-order valence-electron chi connectivity index (χ0n) is 10.2. The second-order valence-corrected chi connectivity index (χ2v) is 3.99. The van der Waals surface area contributed by atoms with Gasteiger partial charge in [0.1, 0.15) is 12.4 Å². The third-order valence-electron chi connectivity index (χ3n) is 2.65. The van der Waals surface area contributed by atoms with E-state index < -0.39 is 0 Å². The zero-order chi connectivity index (χ0) is 12.8. The molecule has 0 bridgehead atoms.